The van der Waals surface area contributed by atoms with Gasteiger partial charge >= 0.3 is 0 Å². The highest BCUT2D eigenvalue weighted by Gasteiger charge is 2.59. The predicted molar refractivity (Wildman–Crippen MR) is 286 cm³/mol. The Labute approximate surface area is 515 Å². The Hall–Kier alpha value is -3.23. The van der Waals surface area contributed by atoms with E-state index in [1.165, 1.54) is 0 Å². The summed E-state index contributed by atoms with van der Waals surface area (Å²) in [6.07, 6.45) is -71.1. The molecule has 37 nitrogen and oxygen atoms in total. The quantitative estimate of drug-likeness (QED) is 0.0929. The summed E-state index contributed by atoms with van der Waals surface area (Å²) in [6, 6.07) is 12.2. The standard InChI is InChI=1S/C54H80N2O35/c57-10-19-39-26(64)33(71)49(79-19)86-41-21(12-59)81-51(35(73)28(41)66)88-43-23(14-61)83-53(37(75)30(43)68)90-45-31(69)38(76)54(91-47(45)56-9-8-55-46(77)18-7-3-5-16-4-1-2-6-17(16)18)89-44-24(15-62)82-52(36(74)29(44)67)87-42-22(13-60)80-50(34(72)27(42)65)85-40-20(11-58)78-48(84-39)32(70)25(40)63/h1-7,19-45,47-54,56-76H,8-15H2,(H,55,77)/t19-,20-,21-,22-,23-,24-,25-,26-,27-,28-,29-,30-,31-,32-,33-,34-,35-,36-,37-,38-,39-,40-,41-,42-,43-,44-,45+,47-,48-,49-,50-,51-,52-,53-,54-/m1/s1. The summed E-state index contributed by atoms with van der Waals surface area (Å²) in [5.41, 5.74) is 0.313. The summed E-state index contributed by atoms with van der Waals surface area (Å²) in [5, 5.41) is 231. The molecule has 516 valence electrons. The predicted octanol–water partition coefficient (Wildman–Crippen LogP) is -13.1. The molecule has 0 aromatic heterocycles. The Morgan fingerprint density at radius 3 is 0.879 bits per heavy atom. The number of hydrogen-bond donors (Lipinski definition) is 22. The third kappa shape index (κ3) is 14.3. The highest BCUT2D eigenvalue weighted by atomic mass is 16.8. The highest BCUT2D eigenvalue weighted by Crippen LogP contribution is 2.39. The summed E-state index contributed by atoms with van der Waals surface area (Å²) in [5.74, 6) is -0.510. The number of benzene rings is 2. The highest BCUT2D eigenvalue weighted by molar-refractivity contribution is 6.07. The third-order valence-corrected chi connectivity index (χ3v) is 17.3. The lowest BCUT2D eigenvalue weighted by Gasteiger charge is -2.50. The topological polar surface area (TPSA) is 575 Å². The van der Waals surface area contributed by atoms with E-state index in [0.717, 1.165) is 5.39 Å². The van der Waals surface area contributed by atoms with Crippen molar-refractivity contribution in [2.45, 2.75) is 215 Å². The normalized spacial score (nSPS) is 48.6. The first-order chi connectivity index (χ1) is 43.6. The second kappa shape index (κ2) is 30.5. The number of nitrogens with one attached hydrogen (secondary N) is 2. The molecule has 21 saturated heterocycles. The Morgan fingerprint density at radius 2 is 0.571 bits per heavy atom. The molecule has 0 saturated carbocycles. The van der Waals surface area contributed by atoms with Crippen molar-refractivity contribution >= 4 is 16.7 Å². The fourth-order valence-electron chi connectivity index (χ4n) is 12.3. The summed E-state index contributed by atoms with van der Waals surface area (Å²) in [6.45, 7) is -6.78. The zero-order chi connectivity index (χ0) is 65.4. The van der Waals surface area contributed by atoms with Gasteiger partial charge in [0, 0.05) is 18.7 Å². The second-order valence-corrected chi connectivity index (χ2v) is 23.1. The Morgan fingerprint density at radius 1 is 0.308 bits per heavy atom. The molecule has 21 fully saturated rings. The van der Waals surface area contributed by atoms with Crippen LogP contribution in [0.2, 0.25) is 0 Å². The van der Waals surface area contributed by atoms with Gasteiger partial charge in [-0.15, -0.1) is 0 Å². The van der Waals surface area contributed by atoms with Crippen molar-refractivity contribution in [2.24, 2.45) is 0 Å². The van der Waals surface area contributed by atoms with Crippen LogP contribution in [0.15, 0.2) is 42.5 Å². The number of amides is 1. The van der Waals surface area contributed by atoms with Crippen LogP contribution >= 0.6 is 0 Å². The molecule has 2 aromatic rings. The van der Waals surface area contributed by atoms with Crippen molar-refractivity contribution in [1.82, 2.24) is 10.6 Å². The molecule has 0 spiro atoms. The van der Waals surface area contributed by atoms with Crippen molar-refractivity contribution < 1.29 is 173 Å². The van der Waals surface area contributed by atoms with Crippen LogP contribution in [0, 0.1) is 0 Å². The van der Waals surface area contributed by atoms with E-state index in [2.05, 4.69) is 10.6 Å². The first kappa shape index (κ1) is 70.6. The van der Waals surface area contributed by atoms with Crippen LogP contribution in [0.5, 0.6) is 0 Å². The van der Waals surface area contributed by atoms with Crippen LogP contribution < -0.4 is 10.6 Å². The maximum absolute atomic E-state index is 13.5. The molecule has 14 bridgehead atoms. The number of rotatable bonds is 11. The van der Waals surface area contributed by atoms with E-state index in [1.807, 2.05) is 0 Å². The Kier molecular flexibility index (Phi) is 23.6. The van der Waals surface area contributed by atoms with Gasteiger partial charge in [-0.1, -0.05) is 36.4 Å². The van der Waals surface area contributed by atoms with E-state index in [1.54, 1.807) is 42.5 Å². The number of hydrogen-bond acceptors (Lipinski definition) is 36. The molecule has 37 heteroatoms. The lowest BCUT2D eigenvalue weighted by molar-refractivity contribution is -0.397. The van der Waals surface area contributed by atoms with Gasteiger partial charge in [-0.2, -0.15) is 0 Å². The van der Waals surface area contributed by atoms with Crippen molar-refractivity contribution in [3.8, 4) is 0 Å². The van der Waals surface area contributed by atoms with Gasteiger partial charge in [0.2, 0.25) is 0 Å². The van der Waals surface area contributed by atoms with Gasteiger partial charge in [0.1, 0.15) is 171 Å². The first-order valence-electron chi connectivity index (χ1n) is 29.4. The van der Waals surface area contributed by atoms with E-state index >= 15 is 0 Å². The number of fused-ring (bicyclic) bond motifs is 1. The largest absolute Gasteiger partial charge is 0.394 e. The van der Waals surface area contributed by atoms with Crippen LogP contribution in [0.25, 0.3) is 10.8 Å². The zero-order valence-electron chi connectivity index (χ0n) is 48.0. The molecule has 1 amide bonds. The van der Waals surface area contributed by atoms with Gasteiger partial charge in [-0.25, -0.2) is 0 Å². The molecule has 0 radical (unpaired) electrons. The lowest BCUT2D eigenvalue weighted by atomic mass is 9.95. The van der Waals surface area contributed by atoms with Crippen LogP contribution in [0.1, 0.15) is 10.4 Å². The van der Waals surface area contributed by atoms with Gasteiger partial charge < -0.3 is 174 Å². The van der Waals surface area contributed by atoms with Crippen molar-refractivity contribution in [3.05, 3.63) is 48.0 Å². The van der Waals surface area contributed by atoms with Gasteiger partial charge in [0.05, 0.1) is 39.6 Å². The van der Waals surface area contributed by atoms with Crippen LogP contribution in [0.3, 0.4) is 0 Å². The molecule has 35 atom stereocenters. The van der Waals surface area contributed by atoms with Gasteiger partial charge in [0.25, 0.3) is 5.91 Å². The monoisotopic (exact) mass is 1320 g/mol. The SMILES string of the molecule is O=C(NCCN[C@@H]1O[C@H]2O[C@H]3[C@H](O)[C@@H](O)[C@@H](O[C@H]4[C@H](O)[C@@H](O)[C@@H](O[C@H]5[C@H](O)[C@@H](O)[C@@H](O[C@H]6[C@H](O)[C@@H](O)[C@@H](O[C@H]7[C@H](O)[C@@H](O)[C@@H](O[C@H]8[C@H](O)[C@@H](O)[C@@H](O[C@H]1[C@H](O)[C@H]2O)O[C@@H]8CO)O[C@@H]7CO)O[C@@H]6CO)O[C@@H]5CO)O[C@@H]4CO)O[C@@H]3CO)c1cccc2ccccc12. The maximum atomic E-state index is 13.5. The number of ether oxygens (including phenoxy) is 14. The molecule has 91 heavy (non-hydrogen) atoms. The average molecular weight is 1320 g/mol. The lowest BCUT2D eigenvalue weighted by Crippen LogP contribution is -2.69. The van der Waals surface area contributed by atoms with E-state index in [-0.39, 0.29) is 13.1 Å². The molecule has 23 rings (SSSR count). The number of carbonyl (C=O) groups is 1. The van der Waals surface area contributed by atoms with Gasteiger partial charge in [-0.3, -0.25) is 10.1 Å². The number of aliphatic hydroxyl groups excluding tert-OH is 20. The molecule has 21 aliphatic heterocycles. The van der Waals surface area contributed by atoms with Crippen LogP contribution in [-0.2, 0) is 66.3 Å². The van der Waals surface area contributed by atoms with E-state index in [9.17, 15) is 107 Å². The summed E-state index contributed by atoms with van der Waals surface area (Å²) < 4.78 is 81.4. The molecule has 0 aliphatic carbocycles. The zero-order valence-corrected chi connectivity index (χ0v) is 48.0. The fraction of sp³-hybridized carbons (Fsp3) is 0.796. The molecule has 2 aromatic carbocycles. The van der Waals surface area contributed by atoms with Crippen LogP contribution in [0.4, 0.5) is 0 Å². The van der Waals surface area contributed by atoms with Crippen molar-refractivity contribution in [1.29, 1.82) is 0 Å². The molecule has 22 N–H and O–H groups in total. The van der Waals surface area contributed by atoms with E-state index in [4.69, 9.17) is 66.3 Å². The minimum absolute atomic E-state index is 0.176. The summed E-state index contributed by atoms with van der Waals surface area (Å²) in [4.78, 5) is 13.5. The van der Waals surface area contributed by atoms with E-state index < -0.39 is 261 Å². The van der Waals surface area contributed by atoms with Gasteiger partial charge in [0.15, 0.2) is 44.0 Å². The Balaban J connectivity index is 0.932. The number of carbonyl (C=O) groups excluding carboxylic acids is 1. The molecular weight excluding hydrogens is 1240 g/mol. The molecule has 21 heterocycles. The minimum atomic E-state index is -2.24. The second-order valence-electron chi connectivity index (χ2n) is 23.1. The summed E-state index contributed by atoms with van der Waals surface area (Å²) >= 11 is 0. The summed E-state index contributed by atoms with van der Waals surface area (Å²) in [7, 11) is 0. The molecular formula is C54H80N2O35. The van der Waals surface area contributed by atoms with Crippen LogP contribution in [-0.4, -0.2) is 376 Å². The molecule has 0 unspecified atom stereocenters. The van der Waals surface area contributed by atoms with Crippen molar-refractivity contribution in [2.75, 3.05) is 52.7 Å². The third-order valence-electron chi connectivity index (χ3n) is 17.3. The smallest absolute Gasteiger partial charge is 0.251 e. The fourth-order valence-corrected chi connectivity index (χ4v) is 12.3. The first-order valence-corrected chi connectivity index (χ1v) is 29.4. The van der Waals surface area contributed by atoms with Gasteiger partial charge in [-0.05, 0) is 16.8 Å². The van der Waals surface area contributed by atoms with Crippen molar-refractivity contribution in [3.63, 3.8) is 0 Å². The average Bonchev–Trinajstić information content (AvgIpc) is 1.07. The minimum Gasteiger partial charge on any atom is -0.394 e. The Bertz CT molecular complexity index is 2620. The van der Waals surface area contributed by atoms with E-state index in [0.29, 0.717) is 10.9 Å². The number of aliphatic hydroxyl groups is 20. The maximum Gasteiger partial charge on any atom is 0.251 e. The molecule has 21 aliphatic rings.